The van der Waals surface area contributed by atoms with E-state index < -0.39 is 5.97 Å². The molecule has 0 unspecified atom stereocenters. The molecule has 0 amide bonds. The molecule has 4 nitrogen and oxygen atoms in total. The smallest absolute Gasteiger partial charge is 1.00 e. The van der Waals surface area contributed by atoms with Gasteiger partial charge in [-0.15, -0.1) is 0 Å². The van der Waals surface area contributed by atoms with E-state index in [1.165, 1.54) is 0 Å². The van der Waals surface area contributed by atoms with E-state index in [9.17, 15) is 4.79 Å². The Morgan fingerprint density at radius 2 is 2.56 bits per heavy atom. The molecule has 0 radical (unpaired) electrons. The van der Waals surface area contributed by atoms with Gasteiger partial charge in [-0.3, -0.25) is 0 Å². The predicted molar refractivity (Wildman–Crippen MR) is 23.9 cm³/mol. The molecule has 0 spiro atoms. The molecule has 0 aromatic rings. The van der Waals surface area contributed by atoms with Crippen LogP contribution >= 0.6 is 0 Å². The van der Waals surface area contributed by atoms with Gasteiger partial charge in [-0.2, -0.15) is 0 Å². The second-order valence-corrected chi connectivity index (χ2v) is 1.22. The molecule has 1 rings (SSSR count). The molecule has 0 aromatic heterocycles. The van der Waals surface area contributed by atoms with E-state index in [2.05, 4.69) is 9.47 Å². The van der Waals surface area contributed by atoms with E-state index in [4.69, 9.17) is 5.11 Å². The molecular formula is C4H5NaO4. The number of carboxylic acids is 1. The topological polar surface area (TPSA) is 55.8 Å². The van der Waals surface area contributed by atoms with Crippen LogP contribution in [-0.2, 0) is 14.3 Å². The molecule has 0 atom stereocenters. The summed E-state index contributed by atoms with van der Waals surface area (Å²) in [4.78, 5) is 9.93. The zero-order valence-electron chi connectivity index (χ0n) is 5.96. The second-order valence-electron chi connectivity index (χ2n) is 1.22. The predicted octanol–water partition coefficient (Wildman–Crippen LogP) is -2.97. The Morgan fingerprint density at radius 3 is 2.78 bits per heavy atom. The van der Waals surface area contributed by atoms with Gasteiger partial charge in [-0.1, -0.05) is 0 Å². The van der Waals surface area contributed by atoms with Crippen molar-refractivity contribution >= 4 is 5.97 Å². The summed E-state index contributed by atoms with van der Waals surface area (Å²) in [5, 5.41) is 8.14. The first-order valence-corrected chi connectivity index (χ1v) is 1.98. The van der Waals surface area contributed by atoms with Crippen LogP contribution in [0.1, 0.15) is 1.43 Å². The molecule has 1 heterocycles. The van der Waals surface area contributed by atoms with E-state index in [1.807, 2.05) is 0 Å². The van der Waals surface area contributed by atoms with Crippen LogP contribution in [0.3, 0.4) is 0 Å². The first-order valence-electron chi connectivity index (χ1n) is 1.98. The van der Waals surface area contributed by atoms with Crippen LogP contribution in [0.2, 0.25) is 0 Å². The molecule has 0 saturated carbocycles. The molecule has 1 N–H and O–H groups in total. The van der Waals surface area contributed by atoms with Crippen LogP contribution in [0.5, 0.6) is 0 Å². The fraction of sp³-hybridized carbons (Fsp3) is 0.250. The summed E-state index contributed by atoms with van der Waals surface area (Å²) in [5.74, 6) is -1.23. The van der Waals surface area contributed by atoms with Crippen molar-refractivity contribution in [3.05, 3.63) is 12.0 Å². The quantitative estimate of drug-likeness (QED) is 0.395. The van der Waals surface area contributed by atoms with Crippen molar-refractivity contribution in [3.63, 3.8) is 0 Å². The van der Waals surface area contributed by atoms with Gasteiger partial charge in [-0.25, -0.2) is 4.79 Å². The maximum Gasteiger partial charge on any atom is 1.00 e. The maximum atomic E-state index is 9.93. The summed E-state index contributed by atoms with van der Waals surface area (Å²) in [6.45, 7) is 0.0155. The first kappa shape index (κ1) is 8.81. The number of ether oxygens (including phenoxy) is 2. The van der Waals surface area contributed by atoms with E-state index in [0.29, 0.717) is 0 Å². The van der Waals surface area contributed by atoms with Gasteiger partial charge in [0.1, 0.15) is 6.26 Å². The van der Waals surface area contributed by atoms with Crippen LogP contribution in [-0.4, -0.2) is 17.9 Å². The largest absolute Gasteiger partial charge is 1.00 e. The van der Waals surface area contributed by atoms with Gasteiger partial charge in [0.15, 0.2) is 0 Å². The normalized spacial score (nSPS) is 14.4. The average molecular weight is 140 g/mol. The first-order chi connectivity index (χ1) is 3.80. The third-order valence-electron chi connectivity index (χ3n) is 0.684. The maximum absolute atomic E-state index is 9.93. The van der Waals surface area contributed by atoms with Crippen molar-refractivity contribution in [2.75, 3.05) is 6.79 Å². The zero-order chi connectivity index (χ0) is 5.98. The number of hydrogen-bond acceptors (Lipinski definition) is 3. The summed E-state index contributed by atoms with van der Waals surface area (Å²) >= 11 is 0. The number of rotatable bonds is 1. The summed E-state index contributed by atoms with van der Waals surface area (Å²) in [5.41, 5.74) is 0. The Hall–Kier alpha value is -0.190. The number of carboxylic acid groups (broad SMARTS) is 1. The van der Waals surface area contributed by atoms with E-state index in [-0.39, 0.29) is 43.5 Å². The minimum atomic E-state index is -1.09. The summed E-state index contributed by atoms with van der Waals surface area (Å²) < 4.78 is 8.91. The van der Waals surface area contributed by atoms with Crippen molar-refractivity contribution in [2.24, 2.45) is 0 Å². The summed E-state index contributed by atoms with van der Waals surface area (Å²) in [6.07, 6.45) is 1.07. The fourth-order valence-electron chi connectivity index (χ4n) is 0.353. The molecule has 0 bridgehead atoms. The van der Waals surface area contributed by atoms with Crippen molar-refractivity contribution in [2.45, 2.75) is 0 Å². The van der Waals surface area contributed by atoms with Crippen molar-refractivity contribution < 1.29 is 50.4 Å². The Kier molecular flexibility index (Phi) is 3.68. The van der Waals surface area contributed by atoms with Gasteiger partial charge in [0.2, 0.25) is 12.6 Å². The van der Waals surface area contributed by atoms with Gasteiger partial charge in [0, 0.05) is 0 Å². The van der Waals surface area contributed by atoms with Gasteiger partial charge < -0.3 is 16.0 Å². The van der Waals surface area contributed by atoms with E-state index in [0.717, 1.165) is 6.26 Å². The van der Waals surface area contributed by atoms with Crippen molar-refractivity contribution in [1.29, 1.82) is 0 Å². The standard InChI is InChI=1S/C4H4O4.Na.H/c5-4(6)3-1-7-2-8-3;;/h1H,2H2,(H,5,6);;/q;+1;-1. The van der Waals surface area contributed by atoms with Gasteiger partial charge in [-0.05, 0) is 0 Å². The average Bonchev–Trinajstić information content (AvgIpc) is 2.12. The molecular weight excluding hydrogens is 135 g/mol. The molecule has 0 aromatic carbocycles. The Morgan fingerprint density at radius 1 is 1.89 bits per heavy atom. The van der Waals surface area contributed by atoms with Gasteiger partial charge in [0.25, 0.3) is 0 Å². The van der Waals surface area contributed by atoms with Crippen LogP contribution in [0.25, 0.3) is 0 Å². The van der Waals surface area contributed by atoms with Crippen LogP contribution in [0, 0.1) is 0 Å². The molecule has 9 heavy (non-hydrogen) atoms. The van der Waals surface area contributed by atoms with Crippen LogP contribution < -0.4 is 29.6 Å². The third-order valence-corrected chi connectivity index (χ3v) is 0.684. The van der Waals surface area contributed by atoms with Crippen molar-refractivity contribution in [3.8, 4) is 0 Å². The fourth-order valence-corrected chi connectivity index (χ4v) is 0.353. The minimum absolute atomic E-state index is 0. The van der Waals surface area contributed by atoms with Crippen LogP contribution in [0.4, 0.5) is 0 Å². The van der Waals surface area contributed by atoms with Gasteiger partial charge >= 0.3 is 35.5 Å². The second kappa shape index (κ2) is 3.76. The minimum Gasteiger partial charge on any atom is -1.00 e. The monoisotopic (exact) mass is 140 g/mol. The Labute approximate surface area is 75.2 Å². The molecule has 1 aliphatic heterocycles. The molecule has 0 aliphatic carbocycles. The Bertz CT molecular complexity index is 146. The summed E-state index contributed by atoms with van der Waals surface area (Å²) in [6, 6.07) is 0. The molecule has 46 valence electrons. The van der Waals surface area contributed by atoms with Crippen molar-refractivity contribution in [1.82, 2.24) is 0 Å². The van der Waals surface area contributed by atoms with Crippen LogP contribution in [0.15, 0.2) is 12.0 Å². The molecule has 0 fully saturated rings. The molecule has 0 saturated heterocycles. The van der Waals surface area contributed by atoms with E-state index >= 15 is 0 Å². The zero-order valence-corrected chi connectivity index (χ0v) is 6.96. The third kappa shape index (κ3) is 2.26. The Balaban J connectivity index is 0. The summed E-state index contributed by atoms with van der Waals surface area (Å²) in [7, 11) is 0. The number of aliphatic carboxylic acids is 1. The number of carbonyl (C=O) groups is 1. The van der Waals surface area contributed by atoms with E-state index in [1.54, 1.807) is 0 Å². The molecule has 1 aliphatic rings. The molecule has 5 heteroatoms. The number of hydrogen-bond donors (Lipinski definition) is 1. The SMILES string of the molecule is O=C(O)C1=COCO1.[H-].[Na+]. The van der Waals surface area contributed by atoms with Gasteiger partial charge in [0.05, 0.1) is 0 Å².